The molecule has 5 rings (SSSR count). The maximum atomic E-state index is 12.7. The molecule has 0 spiro atoms. The Morgan fingerprint density at radius 1 is 1.21 bits per heavy atom. The van der Waals surface area contributed by atoms with Crippen LogP contribution in [0.5, 0.6) is 5.75 Å². The molecule has 2 aromatic heterocycles. The average molecular weight is 484 g/mol. The van der Waals surface area contributed by atoms with Crippen LogP contribution >= 0.6 is 11.8 Å². The van der Waals surface area contributed by atoms with E-state index >= 15 is 0 Å². The summed E-state index contributed by atoms with van der Waals surface area (Å²) in [6, 6.07) is 7.02. The minimum absolute atomic E-state index is 0.0197. The molecule has 2 amide bonds. The van der Waals surface area contributed by atoms with Gasteiger partial charge in [0.05, 0.1) is 30.1 Å². The van der Waals surface area contributed by atoms with Gasteiger partial charge in [0.1, 0.15) is 6.33 Å². The van der Waals surface area contributed by atoms with Gasteiger partial charge in [0.2, 0.25) is 0 Å². The molecule has 12 heteroatoms. The van der Waals surface area contributed by atoms with Crippen molar-refractivity contribution < 1.29 is 18.4 Å². The van der Waals surface area contributed by atoms with Crippen molar-refractivity contribution >= 4 is 35.0 Å². The number of carbonyl (C=O) groups excluding carboxylic acids is 2. The monoisotopic (exact) mass is 483 g/mol. The molecule has 176 valence electrons. The van der Waals surface area contributed by atoms with Crippen LogP contribution in [-0.2, 0) is 0 Å². The molecule has 3 aromatic rings. The Hall–Kier alpha value is -3.67. The molecule has 1 saturated carbocycles. The van der Waals surface area contributed by atoms with E-state index in [1.807, 2.05) is 21.8 Å². The Morgan fingerprint density at radius 3 is 2.76 bits per heavy atom. The molecule has 11 nitrogen and oxygen atoms in total. The third-order valence-corrected chi connectivity index (χ3v) is 6.74. The molecule has 2 fully saturated rings. The van der Waals surface area contributed by atoms with Crippen LogP contribution in [0.15, 0.2) is 30.6 Å². The molecule has 0 bridgehead atoms. The highest BCUT2D eigenvalue weighted by molar-refractivity contribution is 8.00. The predicted molar refractivity (Wildman–Crippen MR) is 128 cm³/mol. The summed E-state index contributed by atoms with van der Waals surface area (Å²) in [7, 11) is 1.49. The first-order chi connectivity index (χ1) is 17.7. The Balaban J connectivity index is 1.50. The quantitative estimate of drug-likeness (QED) is 0.440. The van der Waals surface area contributed by atoms with Crippen molar-refractivity contribution in [1.29, 1.82) is 0 Å². The lowest BCUT2D eigenvalue weighted by Gasteiger charge is -2.24. The number of carbonyl (C=O) groups is 2. The number of hydrogen-bond acceptors (Lipinski definition) is 9. The van der Waals surface area contributed by atoms with E-state index in [9.17, 15) is 9.59 Å². The highest BCUT2D eigenvalue weighted by Crippen LogP contribution is 2.37. The number of ether oxygens (including phenoxy) is 1. The minimum atomic E-state index is -2.74. The summed E-state index contributed by atoms with van der Waals surface area (Å²) in [5, 5.41) is 20.1. The third kappa shape index (κ3) is 4.40. The molecule has 1 aliphatic carbocycles. The first-order valence-electron chi connectivity index (χ1n) is 12.2. The highest BCUT2D eigenvalue weighted by atomic mass is 32.2. The van der Waals surface area contributed by atoms with Gasteiger partial charge in [0.25, 0.3) is 11.8 Å². The largest absolute Gasteiger partial charge is 0.494 e. The van der Waals surface area contributed by atoms with E-state index in [1.165, 1.54) is 13.2 Å². The van der Waals surface area contributed by atoms with Crippen molar-refractivity contribution in [1.82, 2.24) is 35.6 Å². The van der Waals surface area contributed by atoms with Gasteiger partial charge in [-0.2, -0.15) is 16.9 Å². The predicted octanol–water partition coefficient (Wildman–Crippen LogP) is 2.03. The second-order valence-corrected chi connectivity index (χ2v) is 9.02. The molecule has 0 atom stereocenters. The van der Waals surface area contributed by atoms with Gasteiger partial charge >= 0.3 is 0 Å². The Bertz CT molecular complexity index is 1340. The third-order valence-electron chi connectivity index (χ3n) is 5.50. The highest BCUT2D eigenvalue weighted by Gasteiger charge is 2.26. The maximum Gasteiger partial charge on any atom is 0.273 e. The summed E-state index contributed by atoms with van der Waals surface area (Å²) >= 11 is 1.84. The molecular weight excluding hydrogens is 456 g/mol. The van der Waals surface area contributed by atoms with Crippen LogP contribution in [0.2, 0.25) is 0 Å². The second-order valence-electron chi connectivity index (χ2n) is 7.94. The fourth-order valence-corrected chi connectivity index (χ4v) is 4.19. The zero-order valence-corrected chi connectivity index (χ0v) is 19.1. The molecule has 2 aliphatic rings. The molecule has 3 N–H and O–H groups in total. The lowest BCUT2D eigenvalue weighted by molar-refractivity contribution is 0.0935. The van der Waals surface area contributed by atoms with E-state index in [2.05, 4.69) is 30.9 Å². The average Bonchev–Trinajstić information content (AvgIpc) is 3.50. The van der Waals surface area contributed by atoms with Crippen molar-refractivity contribution in [3.63, 3.8) is 0 Å². The Morgan fingerprint density at radius 2 is 2.06 bits per heavy atom. The van der Waals surface area contributed by atoms with Crippen LogP contribution in [0.1, 0.15) is 44.0 Å². The SMILES string of the molecule is [2H]C([2H])([2H])NC(=O)c1nnc(C(=O)NC2CC2)cc1Nc1cccc(-c2ncn(C3CSC3)n2)c1OC. The fraction of sp³-hybridized carbons (Fsp3) is 0.364. The molecule has 1 saturated heterocycles. The van der Waals surface area contributed by atoms with Crippen LogP contribution in [0.25, 0.3) is 11.4 Å². The van der Waals surface area contributed by atoms with Gasteiger partial charge in [-0.25, -0.2) is 9.67 Å². The maximum absolute atomic E-state index is 12.7. The van der Waals surface area contributed by atoms with Crippen molar-refractivity contribution in [2.45, 2.75) is 24.9 Å². The van der Waals surface area contributed by atoms with Crippen molar-refractivity contribution in [3.05, 3.63) is 42.0 Å². The first-order valence-corrected chi connectivity index (χ1v) is 11.8. The Labute approximate surface area is 204 Å². The number of rotatable bonds is 8. The van der Waals surface area contributed by atoms with E-state index < -0.39 is 18.8 Å². The number of hydrogen-bond donors (Lipinski definition) is 3. The summed E-state index contributed by atoms with van der Waals surface area (Å²) in [6.07, 6.45) is 3.46. The summed E-state index contributed by atoms with van der Waals surface area (Å²) < 4.78 is 29.6. The number of methoxy groups -OCH3 is 1. The van der Waals surface area contributed by atoms with Crippen LogP contribution < -0.4 is 20.7 Å². The van der Waals surface area contributed by atoms with Gasteiger partial charge in [0, 0.05) is 28.6 Å². The number of anilines is 2. The number of amides is 2. The lowest BCUT2D eigenvalue weighted by Crippen LogP contribution is -2.28. The second kappa shape index (κ2) is 9.29. The molecule has 1 aromatic carbocycles. The molecule has 0 unspecified atom stereocenters. The van der Waals surface area contributed by atoms with Gasteiger partial charge in [-0.1, -0.05) is 6.07 Å². The summed E-state index contributed by atoms with van der Waals surface area (Å²) in [5.74, 6) is 1.41. The number of para-hydroxylation sites is 1. The Kier molecular flexibility index (Phi) is 5.12. The van der Waals surface area contributed by atoms with Crippen LogP contribution in [0, 0.1) is 0 Å². The molecule has 34 heavy (non-hydrogen) atoms. The van der Waals surface area contributed by atoms with Crippen molar-refractivity contribution in [2.75, 3.05) is 30.9 Å². The normalized spacial score (nSPS) is 17.0. The number of thioether (sulfide) groups is 1. The zero-order chi connectivity index (χ0) is 26.2. The summed E-state index contributed by atoms with van der Waals surface area (Å²) in [6.45, 7) is -2.74. The van der Waals surface area contributed by atoms with Crippen molar-refractivity contribution in [2.24, 2.45) is 0 Å². The van der Waals surface area contributed by atoms with Gasteiger partial charge in [-0.05, 0) is 31.0 Å². The van der Waals surface area contributed by atoms with E-state index in [1.54, 1.807) is 24.5 Å². The van der Waals surface area contributed by atoms with E-state index in [0.29, 0.717) is 28.9 Å². The van der Waals surface area contributed by atoms with E-state index in [4.69, 9.17) is 8.85 Å². The van der Waals surface area contributed by atoms with Gasteiger partial charge < -0.3 is 20.7 Å². The first kappa shape index (κ1) is 18.7. The topological polar surface area (TPSA) is 136 Å². The number of aromatic nitrogens is 5. The number of nitrogens with one attached hydrogen (secondary N) is 3. The van der Waals surface area contributed by atoms with Gasteiger partial charge in [-0.3, -0.25) is 9.59 Å². The van der Waals surface area contributed by atoms with Crippen LogP contribution in [0.3, 0.4) is 0 Å². The minimum Gasteiger partial charge on any atom is -0.494 e. The standard InChI is InChI=1S/C22H24N8O3S/c1-23-22(32)18-16(8-17(27-28-18)21(31)25-12-6-7-12)26-15-5-3-4-14(19(15)33-2)20-24-11-30(29-20)13-9-34-10-13/h3-5,8,11-13H,6-7,9-10H2,1-2H3,(H,23,32)(H,25,31)(H,26,27)/i1D3. The van der Waals surface area contributed by atoms with Crippen LogP contribution in [0.4, 0.5) is 11.4 Å². The molecule has 0 radical (unpaired) electrons. The summed E-state index contributed by atoms with van der Waals surface area (Å²) in [5.41, 5.74) is 0.809. The smallest absolute Gasteiger partial charge is 0.273 e. The van der Waals surface area contributed by atoms with E-state index in [-0.39, 0.29) is 23.1 Å². The van der Waals surface area contributed by atoms with Crippen LogP contribution in [-0.4, -0.2) is 68.4 Å². The lowest BCUT2D eigenvalue weighted by atomic mass is 10.1. The molecule has 1 aliphatic heterocycles. The summed E-state index contributed by atoms with van der Waals surface area (Å²) in [4.78, 5) is 29.7. The zero-order valence-electron chi connectivity index (χ0n) is 21.2. The molecule has 3 heterocycles. The number of benzene rings is 1. The molecular formula is C22H24N8O3S. The fourth-order valence-electron chi connectivity index (χ4n) is 3.44. The van der Waals surface area contributed by atoms with Gasteiger partial charge in [0.15, 0.2) is 23.0 Å². The van der Waals surface area contributed by atoms with E-state index in [0.717, 1.165) is 24.3 Å². The number of nitrogens with zero attached hydrogens (tertiary/aromatic N) is 5. The van der Waals surface area contributed by atoms with Gasteiger partial charge in [-0.15, -0.1) is 10.2 Å². The van der Waals surface area contributed by atoms with Crippen molar-refractivity contribution in [3.8, 4) is 17.1 Å².